The fourth-order valence-electron chi connectivity index (χ4n) is 1.68. The molecule has 3 N–H and O–H groups in total. The molecule has 2 rings (SSSR count). The highest BCUT2D eigenvalue weighted by Gasteiger charge is 2.23. The van der Waals surface area contributed by atoms with Crippen molar-refractivity contribution >= 4 is 11.8 Å². The van der Waals surface area contributed by atoms with Crippen LogP contribution in [0.25, 0.3) is 0 Å². The fraction of sp³-hybridized carbons (Fsp3) is 0.429. The number of halogens is 2. The van der Waals surface area contributed by atoms with Crippen LogP contribution in [0.2, 0.25) is 0 Å². The lowest BCUT2D eigenvalue weighted by Gasteiger charge is -2.09. The Balaban J connectivity index is 0.00000220. The van der Waals surface area contributed by atoms with Crippen LogP contribution in [-0.2, 0) is 5.75 Å². The van der Waals surface area contributed by atoms with Crippen molar-refractivity contribution in [2.75, 3.05) is 0 Å². The quantitative estimate of drug-likeness (QED) is 0.747. The zero-order chi connectivity index (χ0) is 14.5. The zero-order valence-corrected chi connectivity index (χ0v) is 13.6. The van der Waals surface area contributed by atoms with E-state index in [9.17, 15) is 4.39 Å². The van der Waals surface area contributed by atoms with Crippen molar-refractivity contribution in [3.8, 4) is 0 Å². The lowest BCUT2D eigenvalue weighted by molar-refractivity contribution is -0.444. The Morgan fingerprint density at radius 2 is 1.95 bits per heavy atom. The summed E-state index contributed by atoms with van der Waals surface area (Å²) in [5, 5.41) is 8.60. The van der Waals surface area contributed by atoms with Gasteiger partial charge in [-0.1, -0.05) is 37.7 Å². The van der Waals surface area contributed by atoms with E-state index in [1.54, 1.807) is 12.1 Å². The lowest BCUT2D eigenvalue weighted by atomic mass is 10.0. The molecule has 116 valence electrons. The van der Waals surface area contributed by atoms with Crippen molar-refractivity contribution in [2.24, 2.45) is 5.92 Å². The second-order valence-electron chi connectivity index (χ2n) is 4.81. The number of aromatic nitrogens is 2. The van der Waals surface area contributed by atoms with E-state index < -0.39 is 0 Å². The van der Waals surface area contributed by atoms with E-state index in [0.717, 1.165) is 12.0 Å². The van der Waals surface area contributed by atoms with Crippen molar-refractivity contribution in [2.45, 2.75) is 37.3 Å². The van der Waals surface area contributed by atoms with Gasteiger partial charge in [-0.3, -0.25) is 0 Å². The molecule has 0 bridgehead atoms. The highest BCUT2D eigenvalue weighted by Crippen LogP contribution is 2.25. The molecule has 0 spiro atoms. The Labute approximate surface area is 134 Å². The average Bonchev–Trinajstić information content (AvgIpc) is 2.94. The van der Waals surface area contributed by atoms with Gasteiger partial charge in [-0.05, 0) is 24.1 Å². The van der Waals surface area contributed by atoms with Crippen LogP contribution in [0.15, 0.2) is 33.9 Å². The number of hydrogen-bond donors (Lipinski definition) is 1. The first-order chi connectivity index (χ1) is 9.60. The van der Waals surface area contributed by atoms with E-state index in [-0.39, 0.29) is 24.3 Å². The summed E-state index contributed by atoms with van der Waals surface area (Å²) in [4.78, 5) is 0. The number of quaternary nitrogens is 1. The van der Waals surface area contributed by atoms with Crippen LogP contribution >= 0.6 is 11.8 Å². The number of rotatable bonds is 6. The van der Waals surface area contributed by atoms with Crippen LogP contribution in [0.1, 0.15) is 37.8 Å². The summed E-state index contributed by atoms with van der Waals surface area (Å²) in [5.41, 5.74) is 5.09. The standard InChI is InChI=1S/C14H18FN3OS.ClH/c1-3-9(2)12(16)13-17-18-14(19-13)20-8-10-4-6-11(15)7-5-10;/h4-7,9,12H,3,8,16H2,1-2H3;1H/t9?,12-;/m0./s1. The molecule has 1 unspecified atom stereocenters. The topological polar surface area (TPSA) is 66.6 Å². The van der Waals surface area contributed by atoms with Gasteiger partial charge in [0.2, 0.25) is 0 Å². The van der Waals surface area contributed by atoms with Gasteiger partial charge in [-0.2, -0.15) is 0 Å². The minimum Gasteiger partial charge on any atom is -1.00 e. The molecule has 21 heavy (non-hydrogen) atoms. The van der Waals surface area contributed by atoms with Crippen LogP contribution < -0.4 is 18.1 Å². The molecule has 0 radical (unpaired) electrons. The first kappa shape index (κ1) is 17.9. The predicted octanol–water partition coefficient (Wildman–Crippen LogP) is -0.166. The van der Waals surface area contributed by atoms with Gasteiger partial charge in [0.15, 0.2) is 6.04 Å². The molecule has 1 aromatic heterocycles. The largest absolute Gasteiger partial charge is 1.00 e. The maximum absolute atomic E-state index is 12.8. The van der Waals surface area contributed by atoms with Crippen LogP contribution in [0.3, 0.4) is 0 Å². The van der Waals surface area contributed by atoms with Crippen LogP contribution in [0.4, 0.5) is 4.39 Å². The predicted molar refractivity (Wildman–Crippen MR) is 75.3 cm³/mol. The van der Waals surface area contributed by atoms with Crippen LogP contribution in [0, 0.1) is 11.7 Å². The third-order valence-corrected chi connectivity index (χ3v) is 4.24. The van der Waals surface area contributed by atoms with Gasteiger partial charge in [0.05, 0.1) is 0 Å². The molecule has 0 amide bonds. The van der Waals surface area contributed by atoms with Gasteiger partial charge < -0.3 is 22.6 Å². The van der Waals surface area contributed by atoms with E-state index in [0.29, 0.717) is 22.8 Å². The van der Waals surface area contributed by atoms with Gasteiger partial charge in [0.1, 0.15) is 5.82 Å². The summed E-state index contributed by atoms with van der Waals surface area (Å²) in [6.07, 6.45) is 1.02. The SMILES string of the molecule is CCC(C)[C@H]([NH3+])c1nnc(SCc2ccc(F)cc2)o1.[Cl-]. The third-order valence-electron chi connectivity index (χ3n) is 3.35. The van der Waals surface area contributed by atoms with E-state index in [4.69, 9.17) is 4.42 Å². The first-order valence-corrected chi connectivity index (χ1v) is 7.62. The average molecular weight is 332 g/mol. The molecule has 4 nitrogen and oxygen atoms in total. The highest BCUT2D eigenvalue weighted by molar-refractivity contribution is 7.98. The number of thioether (sulfide) groups is 1. The van der Waals surface area contributed by atoms with Gasteiger partial charge in [0.25, 0.3) is 11.1 Å². The van der Waals surface area contributed by atoms with Crippen molar-refractivity contribution in [1.29, 1.82) is 0 Å². The molecular weight excluding hydrogens is 313 g/mol. The molecule has 0 saturated carbocycles. The third kappa shape index (κ3) is 4.98. The normalized spacial score (nSPS) is 13.5. The first-order valence-electron chi connectivity index (χ1n) is 6.64. The Bertz CT molecular complexity index is 549. The number of nitrogens with zero attached hydrogens (tertiary/aromatic N) is 2. The van der Waals surface area contributed by atoms with Crippen molar-refractivity contribution < 1.29 is 26.9 Å². The summed E-state index contributed by atoms with van der Waals surface area (Å²) in [5.74, 6) is 1.44. The van der Waals surface area contributed by atoms with E-state index >= 15 is 0 Å². The molecule has 1 aromatic carbocycles. The Morgan fingerprint density at radius 1 is 1.29 bits per heavy atom. The smallest absolute Gasteiger partial charge is 0.277 e. The minimum absolute atomic E-state index is 0. The minimum atomic E-state index is -0.229. The van der Waals surface area contributed by atoms with E-state index in [1.807, 2.05) is 0 Å². The van der Waals surface area contributed by atoms with Gasteiger partial charge in [-0.15, -0.1) is 10.2 Å². The highest BCUT2D eigenvalue weighted by atomic mass is 35.5. The molecule has 0 saturated heterocycles. The molecule has 0 fully saturated rings. The van der Waals surface area contributed by atoms with E-state index in [2.05, 4.69) is 29.8 Å². The molecule has 2 aromatic rings. The fourth-order valence-corrected chi connectivity index (χ4v) is 2.41. The second kappa shape index (κ2) is 8.36. The Morgan fingerprint density at radius 3 is 2.57 bits per heavy atom. The van der Waals surface area contributed by atoms with Gasteiger partial charge in [0, 0.05) is 11.7 Å². The molecular formula is C14H19ClFN3OS. The number of benzene rings is 1. The van der Waals surface area contributed by atoms with Gasteiger partial charge >= 0.3 is 0 Å². The monoisotopic (exact) mass is 331 g/mol. The van der Waals surface area contributed by atoms with Crippen molar-refractivity contribution in [3.05, 3.63) is 41.5 Å². The van der Waals surface area contributed by atoms with Crippen molar-refractivity contribution in [1.82, 2.24) is 10.2 Å². The summed E-state index contributed by atoms with van der Waals surface area (Å²) in [6.45, 7) is 4.23. The van der Waals surface area contributed by atoms with Crippen LogP contribution in [-0.4, -0.2) is 10.2 Å². The lowest BCUT2D eigenvalue weighted by Crippen LogP contribution is -3.00. The zero-order valence-electron chi connectivity index (χ0n) is 12.1. The molecule has 0 aliphatic rings. The second-order valence-corrected chi connectivity index (χ2v) is 5.74. The van der Waals surface area contributed by atoms with Crippen LogP contribution in [0.5, 0.6) is 0 Å². The maximum atomic E-state index is 12.8. The maximum Gasteiger partial charge on any atom is 0.277 e. The molecule has 0 aliphatic heterocycles. The van der Waals surface area contributed by atoms with Crippen molar-refractivity contribution in [3.63, 3.8) is 0 Å². The summed E-state index contributed by atoms with van der Waals surface area (Å²) in [7, 11) is 0. The molecule has 0 aliphatic carbocycles. The summed E-state index contributed by atoms with van der Waals surface area (Å²) < 4.78 is 18.4. The molecule has 7 heteroatoms. The summed E-state index contributed by atoms with van der Waals surface area (Å²) >= 11 is 1.45. The summed E-state index contributed by atoms with van der Waals surface area (Å²) in [6, 6.07) is 6.42. The molecule has 1 heterocycles. The van der Waals surface area contributed by atoms with Gasteiger partial charge in [-0.25, -0.2) is 4.39 Å². The van der Waals surface area contributed by atoms with E-state index in [1.165, 1.54) is 23.9 Å². The Hall–Kier alpha value is -1.11. The number of hydrogen-bond acceptors (Lipinski definition) is 4. The molecule has 2 atom stereocenters. The Kier molecular flexibility index (Phi) is 7.14.